The van der Waals surface area contributed by atoms with E-state index >= 15 is 0 Å². The van der Waals surface area contributed by atoms with Crippen LogP contribution >= 0.6 is 27.3 Å². The van der Waals surface area contributed by atoms with Gasteiger partial charge >= 0.3 is 5.97 Å². The van der Waals surface area contributed by atoms with Crippen LogP contribution in [0.3, 0.4) is 0 Å². The van der Waals surface area contributed by atoms with Crippen molar-refractivity contribution in [2.75, 3.05) is 7.11 Å². The SMILES string of the molecule is COC(=O)CCCC=CC[C@H]1C(O)CC(C)[C@@H]1C=CC(CCc1cc(Br)c(C)s1)O[Si](C)(C)C(C)(C)C. The fourth-order valence-corrected chi connectivity index (χ4v) is 7.73. The summed E-state index contributed by atoms with van der Waals surface area (Å²) in [6.45, 7) is 16.0. The number of carbonyl (C=O) groups excluding carboxylic acids is 1. The Balaban J connectivity index is 2.09. The first kappa shape index (κ1) is 32.5. The number of hydrogen-bond acceptors (Lipinski definition) is 5. The zero-order valence-corrected chi connectivity index (χ0v) is 27.6. The Kier molecular flexibility index (Phi) is 12.8. The van der Waals surface area contributed by atoms with Crippen molar-refractivity contribution in [1.29, 1.82) is 0 Å². The lowest BCUT2D eigenvalue weighted by atomic mass is 9.86. The van der Waals surface area contributed by atoms with Gasteiger partial charge in [0.1, 0.15) is 0 Å². The summed E-state index contributed by atoms with van der Waals surface area (Å²) in [4.78, 5) is 14.0. The molecule has 4 nitrogen and oxygen atoms in total. The smallest absolute Gasteiger partial charge is 0.305 e. The Morgan fingerprint density at radius 1 is 1.32 bits per heavy atom. The molecule has 1 aromatic rings. The minimum atomic E-state index is -1.93. The second-order valence-electron chi connectivity index (χ2n) is 12.2. The monoisotopic (exact) mass is 612 g/mol. The normalized spacial score (nSPS) is 23.8. The molecule has 0 spiro atoms. The van der Waals surface area contributed by atoms with E-state index in [4.69, 9.17) is 9.16 Å². The van der Waals surface area contributed by atoms with Crippen molar-refractivity contribution in [2.45, 2.75) is 110 Å². The first-order valence-corrected chi connectivity index (χ1v) is 18.3. The molecule has 210 valence electrons. The maximum absolute atomic E-state index is 11.3. The van der Waals surface area contributed by atoms with Gasteiger partial charge in [-0.1, -0.05) is 52.0 Å². The molecule has 1 N–H and O–H groups in total. The van der Waals surface area contributed by atoms with Crippen molar-refractivity contribution >= 4 is 41.6 Å². The lowest BCUT2D eigenvalue weighted by molar-refractivity contribution is -0.140. The van der Waals surface area contributed by atoms with Crippen LogP contribution < -0.4 is 0 Å². The second-order valence-corrected chi connectivity index (χ2v) is 19.1. The van der Waals surface area contributed by atoms with Gasteiger partial charge in [0.2, 0.25) is 0 Å². The number of aryl methyl sites for hydroxylation is 2. The number of thiophene rings is 1. The van der Waals surface area contributed by atoms with Crippen molar-refractivity contribution in [1.82, 2.24) is 0 Å². The first-order valence-electron chi connectivity index (χ1n) is 13.8. The van der Waals surface area contributed by atoms with Crippen LogP contribution in [0.4, 0.5) is 0 Å². The van der Waals surface area contributed by atoms with E-state index in [0.717, 1.165) is 38.5 Å². The van der Waals surface area contributed by atoms with Gasteiger partial charge in [-0.15, -0.1) is 11.3 Å². The highest BCUT2D eigenvalue weighted by molar-refractivity contribution is 9.10. The van der Waals surface area contributed by atoms with Crippen LogP contribution in [0, 0.1) is 24.7 Å². The van der Waals surface area contributed by atoms with E-state index in [1.54, 1.807) is 0 Å². The lowest BCUT2D eigenvalue weighted by Gasteiger charge is -2.39. The number of aliphatic hydroxyl groups excluding tert-OH is 1. The summed E-state index contributed by atoms with van der Waals surface area (Å²) in [6.07, 6.45) is 14.5. The van der Waals surface area contributed by atoms with E-state index in [9.17, 15) is 9.90 Å². The maximum Gasteiger partial charge on any atom is 0.305 e. The summed E-state index contributed by atoms with van der Waals surface area (Å²) >= 11 is 5.52. The van der Waals surface area contributed by atoms with Gasteiger partial charge in [-0.2, -0.15) is 0 Å². The zero-order chi connectivity index (χ0) is 27.8. The predicted molar refractivity (Wildman–Crippen MR) is 163 cm³/mol. The van der Waals surface area contributed by atoms with Crippen LogP contribution in [0.5, 0.6) is 0 Å². The van der Waals surface area contributed by atoms with Gasteiger partial charge in [0, 0.05) is 20.6 Å². The van der Waals surface area contributed by atoms with Gasteiger partial charge in [-0.3, -0.25) is 4.79 Å². The highest BCUT2D eigenvalue weighted by atomic mass is 79.9. The number of unbranched alkanes of at least 4 members (excludes halogenated alkanes) is 1. The third-order valence-electron chi connectivity index (χ3n) is 8.20. The lowest BCUT2D eigenvalue weighted by Crippen LogP contribution is -2.43. The Bertz CT molecular complexity index is 898. The van der Waals surface area contributed by atoms with Crippen LogP contribution in [-0.2, 0) is 20.4 Å². The molecule has 7 heteroatoms. The van der Waals surface area contributed by atoms with Crippen LogP contribution in [0.15, 0.2) is 34.8 Å². The summed E-state index contributed by atoms with van der Waals surface area (Å²) in [7, 11) is -0.502. The van der Waals surface area contributed by atoms with Gasteiger partial charge in [0.25, 0.3) is 0 Å². The largest absolute Gasteiger partial charge is 0.469 e. The van der Waals surface area contributed by atoms with Crippen molar-refractivity contribution in [3.05, 3.63) is 44.6 Å². The topological polar surface area (TPSA) is 55.8 Å². The maximum atomic E-state index is 11.3. The molecule has 1 heterocycles. The molecule has 3 unspecified atom stereocenters. The quantitative estimate of drug-likeness (QED) is 0.105. The van der Waals surface area contributed by atoms with E-state index in [1.807, 2.05) is 11.3 Å². The molecule has 0 saturated heterocycles. The Labute approximate surface area is 239 Å². The number of carbonyl (C=O) groups is 1. The average molecular weight is 614 g/mol. The molecule has 1 saturated carbocycles. The molecule has 1 fully saturated rings. The van der Waals surface area contributed by atoms with E-state index < -0.39 is 8.32 Å². The number of allylic oxidation sites excluding steroid dienone is 3. The molecule has 0 aromatic carbocycles. The van der Waals surface area contributed by atoms with E-state index in [-0.39, 0.29) is 29.1 Å². The number of aliphatic hydroxyl groups is 1. The summed E-state index contributed by atoms with van der Waals surface area (Å²) in [5.74, 6) is 0.828. The van der Waals surface area contributed by atoms with Gasteiger partial charge in [0.15, 0.2) is 8.32 Å². The van der Waals surface area contributed by atoms with Crippen LogP contribution in [0.2, 0.25) is 18.1 Å². The first-order chi connectivity index (χ1) is 17.2. The van der Waals surface area contributed by atoms with E-state index in [0.29, 0.717) is 18.3 Å². The molecular formula is C30H49BrO4SSi. The van der Waals surface area contributed by atoms with Gasteiger partial charge in [0.05, 0.1) is 19.3 Å². The highest BCUT2D eigenvalue weighted by Gasteiger charge is 2.40. The van der Waals surface area contributed by atoms with Crippen LogP contribution in [0.1, 0.15) is 76.0 Å². The molecule has 1 aliphatic rings. The minimum Gasteiger partial charge on any atom is -0.469 e. The van der Waals surface area contributed by atoms with Gasteiger partial charge < -0.3 is 14.3 Å². The molecule has 5 atom stereocenters. The third kappa shape index (κ3) is 10.1. The fraction of sp³-hybridized carbons (Fsp3) is 0.700. The number of rotatable bonds is 13. The molecule has 0 amide bonds. The number of ether oxygens (including phenoxy) is 1. The molecule has 0 aliphatic heterocycles. The molecule has 1 aromatic heterocycles. The Morgan fingerprint density at radius 2 is 2.03 bits per heavy atom. The van der Waals surface area contributed by atoms with Crippen molar-refractivity contribution in [3.8, 4) is 0 Å². The predicted octanol–water partition coefficient (Wildman–Crippen LogP) is 8.62. The molecule has 1 aliphatic carbocycles. The summed E-state index contributed by atoms with van der Waals surface area (Å²) < 4.78 is 12.8. The third-order valence-corrected chi connectivity index (χ3v) is 14.9. The fourth-order valence-electron chi connectivity index (χ4n) is 4.80. The second kappa shape index (κ2) is 14.6. The summed E-state index contributed by atoms with van der Waals surface area (Å²) in [5.41, 5.74) is 0. The van der Waals surface area contributed by atoms with Crippen LogP contribution in [0.25, 0.3) is 0 Å². The van der Waals surface area contributed by atoms with Crippen LogP contribution in [-0.4, -0.2) is 38.7 Å². The molecular weight excluding hydrogens is 564 g/mol. The van der Waals surface area contributed by atoms with Gasteiger partial charge in [-0.05, 0) is 103 Å². The molecule has 37 heavy (non-hydrogen) atoms. The van der Waals surface area contributed by atoms with Gasteiger partial charge in [-0.25, -0.2) is 0 Å². The van der Waals surface area contributed by atoms with E-state index in [2.05, 4.69) is 94.0 Å². The van der Waals surface area contributed by atoms with E-state index in [1.165, 1.54) is 21.3 Å². The van der Waals surface area contributed by atoms with Crippen molar-refractivity contribution in [3.63, 3.8) is 0 Å². The Hall–Kier alpha value is -0.733. The number of hydrogen-bond donors (Lipinski definition) is 1. The van der Waals surface area contributed by atoms with Crippen molar-refractivity contribution < 1.29 is 19.1 Å². The molecule has 0 radical (unpaired) electrons. The minimum absolute atomic E-state index is 0.0709. The highest BCUT2D eigenvalue weighted by Crippen LogP contribution is 2.41. The Morgan fingerprint density at radius 3 is 2.62 bits per heavy atom. The number of methoxy groups -OCH3 is 1. The molecule has 2 rings (SSSR count). The average Bonchev–Trinajstić information content (AvgIpc) is 3.27. The number of halogens is 1. The van der Waals surface area contributed by atoms with Crippen molar-refractivity contribution in [2.24, 2.45) is 17.8 Å². The summed E-state index contributed by atoms with van der Waals surface area (Å²) in [5, 5.41) is 11.0. The standard InChI is InChI=1S/C30H49BrO4SSi/c1-21-19-28(32)26(13-11-9-10-12-14-29(33)34-6)25(21)18-16-23(35-37(7,8)30(3,4)5)15-17-24-20-27(31)22(2)36-24/h9,11,16,18,20-21,23,25-26,28,32H,10,12-15,17,19H2,1-8H3/t21?,23?,25-,26+,28?/m0/s1. The number of esters is 1. The summed E-state index contributed by atoms with van der Waals surface area (Å²) in [6, 6.07) is 2.25. The molecule has 0 bridgehead atoms. The zero-order valence-electron chi connectivity index (χ0n) is 24.2.